The van der Waals surface area contributed by atoms with E-state index in [1.165, 1.54) is 24.2 Å². The first kappa shape index (κ1) is 12.2. The number of benzene rings is 1. The first-order chi connectivity index (χ1) is 9.31. The number of para-hydroxylation sites is 1. The number of nitrogens with one attached hydrogen (secondary N) is 1. The number of thiazole rings is 1. The molecular formula is C14H14N2O2S. The molecular weight excluding hydrogens is 260 g/mol. The van der Waals surface area contributed by atoms with Crippen molar-refractivity contribution in [3.8, 4) is 5.75 Å². The van der Waals surface area contributed by atoms with E-state index in [1.54, 1.807) is 0 Å². The molecule has 1 aromatic heterocycles. The van der Waals surface area contributed by atoms with Crippen molar-refractivity contribution < 1.29 is 9.53 Å². The Hall–Kier alpha value is -1.88. The van der Waals surface area contributed by atoms with Crippen molar-refractivity contribution in [1.82, 2.24) is 4.98 Å². The van der Waals surface area contributed by atoms with Crippen molar-refractivity contribution in [3.63, 3.8) is 0 Å². The number of hydrogen-bond acceptors (Lipinski definition) is 4. The predicted molar refractivity (Wildman–Crippen MR) is 74.7 cm³/mol. The molecule has 0 spiro atoms. The van der Waals surface area contributed by atoms with Crippen molar-refractivity contribution >= 4 is 22.4 Å². The van der Waals surface area contributed by atoms with Crippen LogP contribution in [-0.2, 0) is 4.79 Å². The molecule has 1 fully saturated rings. The number of rotatable bonds is 5. The van der Waals surface area contributed by atoms with Crippen molar-refractivity contribution in [3.05, 3.63) is 41.4 Å². The molecule has 4 nitrogen and oxygen atoms in total. The average Bonchev–Trinajstić information content (AvgIpc) is 3.19. The Balaban J connectivity index is 1.50. The molecule has 3 rings (SSSR count). The molecule has 98 valence electrons. The summed E-state index contributed by atoms with van der Waals surface area (Å²) in [7, 11) is 0. The number of carbonyl (C=O) groups is 1. The van der Waals surface area contributed by atoms with E-state index in [0.29, 0.717) is 16.8 Å². The molecule has 0 bridgehead atoms. The Morgan fingerprint density at radius 1 is 1.37 bits per heavy atom. The number of anilines is 1. The van der Waals surface area contributed by atoms with Gasteiger partial charge in [0.15, 0.2) is 11.7 Å². The van der Waals surface area contributed by atoms with Crippen LogP contribution >= 0.6 is 11.3 Å². The Bertz CT molecular complexity index is 564. The van der Waals surface area contributed by atoms with Gasteiger partial charge in [-0.1, -0.05) is 18.2 Å². The van der Waals surface area contributed by atoms with Gasteiger partial charge in [0.2, 0.25) is 0 Å². The van der Waals surface area contributed by atoms with Crippen LogP contribution in [0.4, 0.5) is 5.13 Å². The summed E-state index contributed by atoms with van der Waals surface area (Å²) in [6.07, 6.45) is 2.43. The fourth-order valence-corrected chi connectivity index (χ4v) is 2.54. The summed E-state index contributed by atoms with van der Waals surface area (Å²) in [5.41, 5.74) is 1.10. The molecule has 1 N–H and O–H groups in total. The van der Waals surface area contributed by atoms with Crippen LogP contribution in [0.25, 0.3) is 0 Å². The summed E-state index contributed by atoms with van der Waals surface area (Å²) < 4.78 is 5.37. The zero-order chi connectivity index (χ0) is 13.1. The number of nitrogens with zero attached hydrogens (tertiary/aromatic N) is 1. The van der Waals surface area contributed by atoms with Crippen LogP contribution in [0.3, 0.4) is 0 Å². The molecule has 1 aliphatic rings. The highest BCUT2D eigenvalue weighted by atomic mass is 32.1. The lowest BCUT2D eigenvalue weighted by atomic mass is 10.3. The molecule has 2 aromatic rings. The quantitative estimate of drug-likeness (QED) is 0.911. The highest BCUT2D eigenvalue weighted by Gasteiger charge is 2.26. The Morgan fingerprint density at radius 3 is 2.89 bits per heavy atom. The minimum atomic E-state index is -0.180. The third-order valence-corrected chi connectivity index (χ3v) is 3.65. The second kappa shape index (κ2) is 5.40. The fourth-order valence-electron chi connectivity index (χ4n) is 1.73. The largest absolute Gasteiger partial charge is 0.484 e. The summed E-state index contributed by atoms with van der Waals surface area (Å²) in [5, 5.41) is 5.43. The summed E-state index contributed by atoms with van der Waals surface area (Å²) in [6, 6.07) is 9.29. The lowest BCUT2D eigenvalue weighted by Crippen LogP contribution is -2.20. The molecule has 0 radical (unpaired) electrons. The Kier molecular flexibility index (Phi) is 3.46. The van der Waals surface area contributed by atoms with Crippen LogP contribution in [0.15, 0.2) is 35.7 Å². The van der Waals surface area contributed by atoms with Gasteiger partial charge in [0.1, 0.15) is 5.75 Å². The van der Waals surface area contributed by atoms with E-state index in [1.807, 2.05) is 35.7 Å². The van der Waals surface area contributed by atoms with Gasteiger partial charge in [0.05, 0.1) is 5.69 Å². The van der Waals surface area contributed by atoms with Crippen LogP contribution in [0.1, 0.15) is 24.5 Å². The maximum Gasteiger partial charge on any atom is 0.264 e. The summed E-state index contributed by atoms with van der Waals surface area (Å²) in [6.45, 7) is 0.00234. The SMILES string of the molecule is O=C(COc1ccccc1)Nc1nc(C2CC2)cs1. The number of aromatic nitrogens is 1. The maximum atomic E-state index is 11.7. The zero-order valence-electron chi connectivity index (χ0n) is 10.3. The molecule has 0 unspecified atom stereocenters. The highest BCUT2D eigenvalue weighted by molar-refractivity contribution is 7.13. The Morgan fingerprint density at radius 2 is 2.16 bits per heavy atom. The standard InChI is InChI=1S/C14H14N2O2S/c17-13(8-18-11-4-2-1-3-5-11)16-14-15-12(9-19-14)10-6-7-10/h1-5,9-10H,6-8H2,(H,15,16,17). The predicted octanol–water partition coefficient (Wildman–Crippen LogP) is 3.04. The van der Waals surface area contributed by atoms with E-state index < -0.39 is 0 Å². The van der Waals surface area contributed by atoms with E-state index in [-0.39, 0.29) is 12.5 Å². The number of amides is 1. The fraction of sp³-hybridized carbons (Fsp3) is 0.286. The highest BCUT2D eigenvalue weighted by Crippen LogP contribution is 2.40. The molecule has 1 amide bonds. The van der Waals surface area contributed by atoms with Gasteiger partial charge >= 0.3 is 0 Å². The van der Waals surface area contributed by atoms with Gasteiger partial charge in [-0.05, 0) is 25.0 Å². The maximum absolute atomic E-state index is 11.7. The first-order valence-corrected chi connectivity index (χ1v) is 7.12. The minimum absolute atomic E-state index is 0.00234. The second-order valence-corrected chi connectivity index (χ2v) is 5.36. The normalized spacial score (nSPS) is 14.1. The zero-order valence-corrected chi connectivity index (χ0v) is 11.2. The van der Waals surface area contributed by atoms with Gasteiger partial charge < -0.3 is 4.74 Å². The van der Waals surface area contributed by atoms with Crippen molar-refractivity contribution in [2.24, 2.45) is 0 Å². The Labute approximate surface area is 115 Å². The second-order valence-electron chi connectivity index (χ2n) is 4.50. The molecule has 0 atom stereocenters. The summed E-state index contributed by atoms with van der Waals surface area (Å²) in [4.78, 5) is 16.1. The molecule has 5 heteroatoms. The molecule has 0 saturated heterocycles. The summed E-state index contributed by atoms with van der Waals surface area (Å²) in [5.74, 6) is 1.12. The van der Waals surface area contributed by atoms with E-state index >= 15 is 0 Å². The lowest BCUT2D eigenvalue weighted by molar-refractivity contribution is -0.118. The lowest BCUT2D eigenvalue weighted by Gasteiger charge is -2.05. The van der Waals surface area contributed by atoms with Crippen molar-refractivity contribution in [1.29, 1.82) is 0 Å². The van der Waals surface area contributed by atoms with Crippen LogP contribution < -0.4 is 10.1 Å². The molecule has 1 aliphatic carbocycles. The average molecular weight is 274 g/mol. The third kappa shape index (κ3) is 3.32. The minimum Gasteiger partial charge on any atom is -0.484 e. The number of hydrogen-bond donors (Lipinski definition) is 1. The topological polar surface area (TPSA) is 51.2 Å². The van der Waals surface area contributed by atoms with Crippen molar-refractivity contribution in [2.45, 2.75) is 18.8 Å². The number of ether oxygens (including phenoxy) is 1. The van der Waals surface area contributed by atoms with E-state index in [9.17, 15) is 4.79 Å². The van der Waals surface area contributed by atoms with Crippen LogP contribution in [-0.4, -0.2) is 17.5 Å². The van der Waals surface area contributed by atoms with Gasteiger partial charge in [0.25, 0.3) is 5.91 Å². The van der Waals surface area contributed by atoms with Gasteiger partial charge in [-0.3, -0.25) is 10.1 Å². The molecule has 19 heavy (non-hydrogen) atoms. The van der Waals surface area contributed by atoms with Gasteiger partial charge in [-0.25, -0.2) is 4.98 Å². The van der Waals surface area contributed by atoms with E-state index in [4.69, 9.17) is 4.74 Å². The third-order valence-electron chi connectivity index (χ3n) is 2.88. The van der Waals surface area contributed by atoms with Crippen LogP contribution in [0.2, 0.25) is 0 Å². The van der Waals surface area contributed by atoms with Gasteiger partial charge in [-0.15, -0.1) is 11.3 Å². The van der Waals surface area contributed by atoms with Crippen LogP contribution in [0.5, 0.6) is 5.75 Å². The first-order valence-electron chi connectivity index (χ1n) is 6.24. The van der Waals surface area contributed by atoms with Crippen molar-refractivity contribution in [2.75, 3.05) is 11.9 Å². The van der Waals surface area contributed by atoms with E-state index in [2.05, 4.69) is 10.3 Å². The van der Waals surface area contributed by atoms with E-state index in [0.717, 1.165) is 5.69 Å². The van der Waals surface area contributed by atoms with Gasteiger partial charge in [-0.2, -0.15) is 0 Å². The molecule has 1 aromatic carbocycles. The summed E-state index contributed by atoms with van der Waals surface area (Å²) >= 11 is 1.47. The molecule has 0 aliphatic heterocycles. The molecule has 1 saturated carbocycles. The molecule has 1 heterocycles. The van der Waals surface area contributed by atoms with Gasteiger partial charge in [0, 0.05) is 11.3 Å². The monoisotopic (exact) mass is 274 g/mol. The number of carbonyl (C=O) groups excluding carboxylic acids is 1. The smallest absolute Gasteiger partial charge is 0.264 e. The van der Waals surface area contributed by atoms with Crippen LogP contribution in [0, 0.1) is 0 Å².